The summed E-state index contributed by atoms with van der Waals surface area (Å²) < 4.78 is 9.57. The topological polar surface area (TPSA) is 56.4 Å². The summed E-state index contributed by atoms with van der Waals surface area (Å²) in [6, 6.07) is 101. The third-order valence-corrected chi connectivity index (χ3v) is 20.0. The van der Waals surface area contributed by atoms with Gasteiger partial charge in [-0.05, 0) is 232 Å². The number of rotatable bonds is 9. The molecule has 0 spiro atoms. The van der Waals surface area contributed by atoms with Gasteiger partial charge in [-0.1, -0.05) is 155 Å². The molecule has 0 saturated heterocycles. The molecule has 0 radical (unpaired) electrons. The summed E-state index contributed by atoms with van der Waals surface area (Å²) in [6.07, 6.45) is 3.70. The Labute approximate surface area is 556 Å². The standard InChI is InChI=1S/C90H64N6/c1-54-15-37-80-71(47-54)72-48-55(2)16-38-81(72)94(80)66-29-21-60(22-30-66)86-77(53-91)87(64-43-45-92-46-44-64)89(62-25-33-68(34-26-62)96-84-41-19-58(5)51-75(84)76-52-59(6)20-42-85(76)96)90(63-27-35-65(36-28-63)93-78-13-9-7-11-69(78)70-12-8-10-14-79(70)93)88(86)61-23-31-67(32-24-61)95-82-39-17-56(3)49-73(82)74-50-57(4)18-40-83(74)95/h7-52H,1-6H3. The van der Waals surface area contributed by atoms with Crippen molar-refractivity contribution in [3.63, 3.8) is 0 Å². The van der Waals surface area contributed by atoms with Gasteiger partial charge in [0.15, 0.2) is 0 Å². The van der Waals surface area contributed by atoms with Crippen molar-refractivity contribution in [1.82, 2.24) is 23.3 Å². The second-order valence-corrected chi connectivity index (χ2v) is 26.3. The van der Waals surface area contributed by atoms with Gasteiger partial charge in [-0.15, -0.1) is 0 Å². The van der Waals surface area contributed by atoms with Crippen molar-refractivity contribution in [2.24, 2.45) is 0 Å². The molecule has 96 heavy (non-hydrogen) atoms. The van der Waals surface area contributed by atoms with E-state index in [1.54, 1.807) is 0 Å². The average molecular weight is 1230 g/mol. The normalized spacial score (nSPS) is 11.8. The molecule has 13 aromatic carbocycles. The number of hydrogen-bond acceptors (Lipinski definition) is 2. The number of pyridine rings is 1. The van der Waals surface area contributed by atoms with Gasteiger partial charge in [0.2, 0.25) is 0 Å². The molecule has 0 unspecified atom stereocenters. The molecule has 454 valence electrons. The zero-order valence-electron chi connectivity index (χ0n) is 54.2. The van der Waals surface area contributed by atoms with Gasteiger partial charge in [-0.25, -0.2) is 0 Å². The highest BCUT2D eigenvalue weighted by Gasteiger charge is 2.30. The van der Waals surface area contributed by atoms with Crippen LogP contribution in [0.1, 0.15) is 38.9 Å². The minimum Gasteiger partial charge on any atom is -0.309 e. The zero-order chi connectivity index (χ0) is 64.6. The summed E-state index contributed by atoms with van der Waals surface area (Å²) in [5.41, 5.74) is 30.6. The Bertz CT molecular complexity index is 6050. The summed E-state index contributed by atoms with van der Waals surface area (Å²) in [4.78, 5) is 4.60. The lowest BCUT2D eigenvalue weighted by Gasteiger charge is -2.26. The van der Waals surface area contributed by atoms with Gasteiger partial charge in [-0.2, -0.15) is 5.26 Å². The number of benzene rings is 13. The first-order valence-electron chi connectivity index (χ1n) is 33.0. The fraction of sp³-hybridized carbons (Fsp3) is 0.0667. The van der Waals surface area contributed by atoms with Crippen molar-refractivity contribution in [3.05, 3.63) is 318 Å². The number of fused-ring (bicyclic) bond motifs is 12. The van der Waals surface area contributed by atoms with E-state index in [9.17, 15) is 5.26 Å². The van der Waals surface area contributed by atoms with E-state index in [1.807, 2.05) is 12.4 Å². The Morgan fingerprint density at radius 2 is 0.469 bits per heavy atom. The van der Waals surface area contributed by atoms with Crippen LogP contribution in [0.5, 0.6) is 0 Å². The molecule has 0 saturated carbocycles. The maximum Gasteiger partial charge on any atom is 0.100 e. The molecule has 18 rings (SSSR count). The van der Waals surface area contributed by atoms with Crippen molar-refractivity contribution >= 4 is 87.2 Å². The van der Waals surface area contributed by atoms with E-state index in [0.717, 1.165) is 123 Å². The van der Waals surface area contributed by atoms with Crippen LogP contribution in [-0.2, 0) is 0 Å². The minimum atomic E-state index is 0.571. The van der Waals surface area contributed by atoms with Crippen LogP contribution < -0.4 is 0 Å². The smallest absolute Gasteiger partial charge is 0.100 e. The monoisotopic (exact) mass is 1230 g/mol. The van der Waals surface area contributed by atoms with Crippen LogP contribution >= 0.6 is 0 Å². The molecule has 0 amide bonds. The van der Waals surface area contributed by atoms with Crippen LogP contribution in [0.15, 0.2) is 279 Å². The predicted molar refractivity (Wildman–Crippen MR) is 402 cm³/mol. The van der Waals surface area contributed by atoms with Gasteiger partial charge in [0.25, 0.3) is 0 Å². The second-order valence-electron chi connectivity index (χ2n) is 26.3. The quantitative estimate of drug-likeness (QED) is 0.145. The number of aromatic nitrogens is 5. The van der Waals surface area contributed by atoms with Gasteiger partial charge < -0.3 is 18.3 Å². The van der Waals surface area contributed by atoms with Gasteiger partial charge in [0.05, 0.1) is 49.7 Å². The molecular weight excluding hydrogens is 1170 g/mol. The van der Waals surface area contributed by atoms with E-state index >= 15 is 0 Å². The SMILES string of the molecule is Cc1ccc2c(c1)c1cc(C)ccc1n2-c1ccc(-c2c(C#N)c(-c3ccncc3)c(-c3ccc(-n4c5ccc(C)cc5c5cc(C)ccc54)cc3)c(-c3ccc(-n4c5ccccc5c5ccccc54)cc3)c2-c2ccc(-n3c4ccc(C)cc4c4cc(C)ccc43)cc2)cc1. The largest absolute Gasteiger partial charge is 0.309 e. The van der Waals surface area contributed by atoms with E-state index in [4.69, 9.17) is 0 Å². The Balaban J connectivity index is 0.937. The summed E-state index contributed by atoms with van der Waals surface area (Å²) in [6.45, 7) is 13.0. The lowest BCUT2D eigenvalue weighted by atomic mass is 9.76. The predicted octanol–water partition coefficient (Wildman–Crippen LogP) is 23.5. The Hall–Kier alpha value is -12.3. The second kappa shape index (κ2) is 21.9. The van der Waals surface area contributed by atoms with E-state index in [0.29, 0.717) is 5.56 Å². The first-order chi connectivity index (χ1) is 47.0. The highest BCUT2D eigenvalue weighted by atomic mass is 15.0. The van der Waals surface area contributed by atoms with Crippen molar-refractivity contribution in [1.29, 1.82) is 5.26 Å². The van der Waals surface area contributed by atoms with E-state index in [2.05, 4.69) is 338 Å². The molecule has 0 atom stereocenters. The molecule has 0 aliphatic heterocycles. The van der Waals surface area contributed by atoms with Crippen LogP contribution in [-0.4, -0.2) is 23.3 Å². The summed E-state index contributed by atoms with van der Waals surface area (Å²) in [7, 11) is 0. The van der Waals surface area contributed by atoms with Crippen molar-refractivity contribution in [2.75, 3.05) is 0 Å². The number of para-hydroxylation sites is 2. The number of aryl methyl sites for hydroxylation is 6. The fourth-order valence-corrected chi connectivity index (χ4v) is 15.7. The molecule has 6 heteroatoms. The van der Waals surface area contributed by atoms with Crippen molar-refractivity contribution in [3.8, 4) is 84.5 Å². The third kappa shape index (κ3) is 8.81. The van der Waals surface area contributed by atoms with Crippen molar-refractivity contribution < 1.29 is 0 Å². The molecule has 6 nitrogen and oxygen atoms in total. The van der Waals surface area contributed by atoms with Crippen LogP contribution in [0.2, 0.25) is 0 Å². The number of nitriles is 1. The number of hydrogen-bond donors (Lipinski definition) is 0. The molecule has 0 N–H and O–H groups in total. The Morgan fingerprint density at radius 3 is 0.740 bits per heavy atom. The molecule has 0 aliphatic carbocycles. The molecule has 0 bridgehead atoms. The first kappa shape index (κ1) is 56.5. The highest BCUT2D eigenvalue weighted by molar-refractivity contribution is 6.15. The maximum absolute atomic E-state index is 12.5. The number of nitrogens with zero attached hydrogens (tertiary/aromatic N) is 6. The zero-order valence-corrected chi connectivity index (χ0v) is 54.2. The Morgan fingerprint density at radius 1 is 0.240 bits per heavy atom. The third-order valence-electron chi connectivity index (χ3n) is 20.0. The molecular formula is C90H64N6. The summed E-state index contributed by atoms with van der Waals surface area (Å²) in [5.74, 6) is 0. The van der Waals surface area contributed by atoms with Gasteiger partial charge in [0.1, 0.15) is 6.07 Å². The molecule has 5 heterocycles. The van der Waals surface area contributed by atoms with E-state index < -0.39 is 0 Å². The molecule has 0 aliphatic rings. The van der Waals surface area contributed by atoms with Gasteiger partial charge >= 0.3 is 0 Å². The van der Waals surface area contributed by atoms with E-state index in [-0.39, 0.29) is 0 Å². The van der Waals surface area contributed by atoms with Crippen LogP contribution in [0.25, 0.3) is 166 Å². The lowest BCUT2D eigenvalue weighted by molar-refractivity contribution is 1.18. The van der Waals surface area contributed by atoms with E-state index in [1.165, 1.54) is 76.5 Å². The fourth-order valence-electron chi connectivity index (χ4n) is 15.7. The van der Waals surface area contributed by atoms with Crippen LogP contribution in [0, 0.1) is 52.9 Å². The highest BCUT2D eigenvalue weighted by Crippen LogP contribution is 2.54. The summed E-state index contributed by atoms with van der Waals surface area (Å²) in [5, 5.41) is 22.2. The molecule has 5 aromatic heterocycles. The Kier molecular flexibility index (Phi) is 12.9. The molecule has 0 fully saturated rings. The van der Waals surface area contributed by atoms with Crippen molar-refractivity contribution in [2.45, 2.75) is 41.5 Å². The molecule has 18 aromatic rings. The first-order valence-corrected chi connectivity index (χ1v) is 33.0. The lowest BCUT2D eigenvalue weighted by Crippen LogP contribution is -2.03. The van der Waals surface area contributed by atoms with Crippen LogP contribution in [0.4, 0.5) is 0 Å². The van der Waals surface area contributed by atoms with Gasteiger partial charge in [-0.3, -0.25) is 4.98 Å². The maximum atomic E-state index is 12.5. The van der Waals surface area contributed by atoms with Crippen LogP contribution in [0.3, 0.4) is 0 Å². The van der Waals surface area contributed by atoms with Gasteiger partial charge in [0, 0.05) is 89.4 Å². The minimum absolute atomic E-state index is 0.571. The summed E-state index contributed by atoms with van der Waals surface area (Å²) >= 11 is 0. The average Bonchev–Trinajstić information content (AvgIpc) is 1.07.